The minimum absolute atomic E-state index is 0.0742. The number of fused-ring (bicyclic) bond motifs is 1. The van der Waals surface area contributed by atoms with Crippen LogP contribution in [0.15, 0.2) is 42.8 Å². The van der Waals surface area contributed by atoms with E-state index in [0.717, 1.165) is 18.4 Å². The third kappa shape index (κ3) is 6.64. The van der Waals surface area contributed by atoms with Gasteiger partial charge in [-0.05, 0) is 39.0 Å². The van der Waals surface area contributed by atoms with Crippen molar-refractivity contribution in [2.45, 2.75) is 26.4 Å². The number of anilines is 1. The molecule has 1 aromatic heterocycles. The predicted octanol–water partition coefficient (Wildman–Crippen LogP) is 2.69. The van der Waals surface area contributed by atoms with Gasteiger partial charge in [0.2, 0.25) is 0 Å². The topological polar surface area (TPSA) is 136 Å². The highest BCUT2D eigenvalue weighted by atomic mass is 32.1. The van der Waals surface area contributed by atoms with Gasteiger partial charge in [0.25, 0.3) is 11.8 Å². The summed E-state index contributed by atoms with van der Waals surface area (Å²) in [6, 6.07) is 4.91. The van der Waals surface area contributed by atoms with Crippen LogP contribution in [0, 0.1) is 0 Å². The number of aromatic nitrogens is 1. The van der Waals surface area contributed by atoms with Crippen LogP contribution in [0.4, 0.5) is 10.5 Å². The summed E-state index contributed by atoms with van der Waals surface area (Å²) in [6.07, 6.45) is -0.606. The van der Waals surface area contributed by atoms with Gasteiger partial charge in [-0.3, -0.25) is 14.9 Å². The number of hydrogen-bond donors (Lipinski definition) is 3. The lowest BCUT2D eigenvalue weighted by Crippen LogP contribution is -2.35. The van der Waals surface area contributed by atoms with Crippen molar-refractivity contribution in [3.05, 3.63) is 47.8 Å². The molecule has 0 aliphatic rings. The monoisotopic (exact) mass is 446 g/mol. The van der Waals surface area contributed by atoms with Gasteiger partial charge in [-0.25, -0.2) is 14.6 Å². The highest BCUT2D eigenvalue weighted by Crippen LogP contribution is 2.26. The zero-order valence-corrected chi connectivity index (χ0v) is 18.3. The van der Waals surface area contributed by atoms with Crippen molar-refractivity contribution in [1.29, 1.82) is 0 Å². The summed E-state index contributed by atoms with van der Waals surface area (Å²) in [7, 11) is 1.14. The van der Waals surface area contributed by atoms with Crippen LogP contribution in [0.3, 0.4) is 0 Å². The second-order valence-electron chi connectivity index (χ2n) is 7.19. The molecule has 0 bridgehead atoms. The van der Waals surface area contributed by atoms with Gasteiger partial charge in [-0.1, -0.05) is 13.2 Å². The van der Waals surface area contributed by atoms with Crippen molar-refractivity contribution in [3.63, 3.8) is 0 Å². The highest BCUT2D eigenvalue weighted by molar-refractivity contribution is 7.20. The molecule has 11 heteroatoms. The fraction of sp³-hybridized carbons (Fsp3) is 0.250. The molecule has 0 atom stereocenters. The molecular formula is C20H22N4O6S. The summed E-state index contributed by atoms with van der Waals surface area (Å²) >= 11 is 1.06. The van der Waals surface area contributed by atoms with Crippen LogP contribution >= 0.6 is 11.3 Å². The molecule has 10 nitrogen and oxygen atoms in total. The number of nitrogens with one attached hydrogen (secondary N) is 3. The van der Waals surface area contributed by atoms with Crippen LogP contribution < -0.4 is 16.0 Å². The fourth-order valence-electron chi connectivity index (χ4n) is 2.15. The number of benzene rings is 1. The van der Waals surface area contributed by atoms with Gasteiger partial charge < -0.3 is 20.1 Å². The fourth-order valence-corrected chi connectivity index (χ4v) is 3.06. The highest BCUT2D eigenvalue weighted by Gasteiger charge is 2.19. The molecule has 0 fully saturated rings. The minimum Gasteiger partial charge on any atom is -0.464 e. The van der Waals surface area contributed by atoms with E-state index in [1.54, 1.807) is 39.0 Å². The van der Waals surface area contributed by atoms with Crippen molar-refractivity contribution in [3.8, 4) is 0 Å². The summed E-state index contributed by atoms with van der Waals surface area (Å²) in [4.78, 5) is 51.8. The molecule has 0 saturated heterocycles. The molecular weight excluding hydrogens is 424 g/mol. The molecule has 0 saturated carbocycles. The number of esters is 1. The summed E-state index contributed by atoms with van der Waals surface area (Å²) < 4.78 is 10.3. The van der Waals surface area contributed by atoms with Gasteiger partial charge in [0.1, 0.15) is 11.3 Å². The third-order valence-corrected chi connectivity index (χ3v) is 4.48. The van der Waals surface area contributed by atoms with E-state index in [9.17, 15) is 19.2 Å². The number of thiazole rings is 1. The van der Waals surface area contributed by atoms with Gasteiger partial charge >= 0.3 is 12.1 Å². The lowest BCUT2D eigenvalue weighted by atomic mass is 10.2. The minimum atomic E-state index is -0.825. The molecule has 0 aliphatic heterocycles. The van der Waals surface area contributed by atoms with Gasteiger partial charge in [0, 0.05) is 5.69 Å². The lowest BCUT2D eigenvalue weighted by Gasteiger charge is -2.19. The Balaban J connectivity index is 2.06. The van der Waals surface area contributed by atoms with Crippen LogP contribution in [0.25, 0.3) is 10.2 Å². The molecule has 1 aromatic carbocycles. The predicted molar refractivity (Wildman–Crippen MR) is 115 cm³/mol. The number of carbonyl (C=O) groups excluding carboxylic acids is 4. The molecule has 3 amide bonds. The molecule has 0 radical (unpaired) electrons. The Morgan fingerprint density at radius 1 is 1.06 bits per heavy atom. The maximum Gasteiger partial charge on any atom is 0.412 e. The Morgan fingerprint density at radius 3 is 2.35 bits per heavy atom. The second-order valence-corrected chi connectivity index (χ2v) is 8.22. The smallest absolute Gasteiger partial charge is 0.412 e. The third-order valence-electron chi connectivity index (χ3n) is 3.46. The first kappa shape index (κ1) is 23.5. The molecule has 0 unspecified atom stereocenters. The zero-order valence-electron chi connectivity index (χ0n) is 17.5. The van der Waals surface area contributed by atoms with E-state index in [1.807, 2.05) is 0 Å². The van der Waals surface area contributed by atoms with Crippen molar-refractivity contribution < 1.29 is 28.7 Å². The quantitative estimate of drug-likeness (QED) is 0.458. The summed E-state index contributed by atoms with van der Waals surface area (Å²) in [5.74, 6) is -2.31. The largest absolute Gasteiger partial charge is 0.464 e. The number of amides is 3. The first-order valence-electron chi connectivity index (χ1n) is 8.89. The van der Waals surface area contributed by atoms with Crippen LogP contribution in [0.5, 0.6) is 0 Å². The van der Waals surface area contributed by atoms with Crippen LogP contribution in [-0.4, -0.2) is 41.6 Å². The molecule has 31 heavy (non-hydrogen) atoms. The number of nitrogens with zero attached hydrogens (tertiary/aromatic N) is 1. The second kappa shape index (κ2) is 9.39. The van der Waals surface area contributed by atoms with E-state index in [0.29, 0.717) is 15.9 Å². The van der Waals surface area contributed by atoms with Gasteiger partial charge in [0.05, 0.1) is 23.0 Å². The number of methoxy groups -OCH3 is 1. The molecule has 0 spiro atoms. The normalized spacial score (nSPS) is 10.7. The first-order chi connectivity index (χ1) is 14.4. The summed E-state index contributed by atoms with van der Waals surface area (Å²) in [5.41, 5.74) is -0.238. The first-order valence-corrected chi connectivity index (χ1v) is 9.70. The number of rotatable bonds is 6. The Kier molecular flexibility index (Phi) is 7.13. The Labute approximate surface area is 182 Å². The van der Waals surface area contributed by atoms with E-state index in [4.69, 9.17) is 4.74 Å². The Morgan fingerprint density at radius 2 is 1.74 bits per heavy atom. The molecule has 2 aromatic rings. The van der Waals surface area contributed by atoms with Crippen LogP contribution in [0.1, 0.15) is 30.6 Å². The van der Waals surface area contributed by atoms with E-state index in [1.165, 1.54) is 0 Å². The molecule has 3 N–H and O–H groups in total. The van der Waals surface area contributed by atoms with Gasteiger partial charge in [-0.2, -0.15) is 0 Å². The van der Waals surface area contributed by atoms with Crippen LogP contribution in [-0.2, 0) is 19.1 Å². The zero-order chi connectivity index (χ0) is 23.3. The average Bonchev–Trinajstić information content (AvgIpc) is 3.09. The molecule has 0 aliphatic carbocycles. The SMILES string of the molecule is C=C(NC(=O)c1nc2ccc(NC(=O)OC(C)(C)C)cc2s1)C(=O)NC(=C)C(=O)OC. The number of hydrogen-bond acceptors (Lipinski definition) is 8. The van der Waals surface area contributed by atoms with Crippen molar-refractivity contribution >= 4 is 51.1 Å². The molecule has 2 rings (SSSR count). The molecule has 1 heterocycles. The van der Waals surface area contributed by atoms with Crippen molar-refractivity contribution in [1.82, 2.24) is 15.6 Å². The van der Waals surface area contributed by atoms with E-state index >= 15 is 0 Å². The van der Waals surface area contributed by atoms with E-state index < -0.39 is 29.5 Å². The Bertz CT molecular complexity index is 1080. The molecule has 164 valence electrons. The maximum atomic E-state index is 12.4. The van der Waals surface area contributed by atoms with Gasteiger partial charge in [-0.15, -0.1) is 11.3 Å². The van der Waals surface area contributed by atoms with Crippen LogP contribution in [0.2, 0.25) is 0 Å². The standard InChI is InChI=1S/C20H22N4O6S/c1-10(15(25)22-11(2)18(27)29-6)21-16(26)17-24-13-8-7-12(9-14(13)31-17)23-19(28)30-20(3,4)5/h7-9H,1-2H2,3-6H3,(H,21,26)(H,22,25)(H,23,28). The van der Waals surface area contributed by atoms with Gasteiger partial charge in [0.15, 0.2) is 5.01 Å². The lowest BCUT2D eigenvalue weighted by molar-refractivity contribution is -0.137. The Hall–Kier alpha value is -3.73. The van der Waals surface area contributed by atoms with Crippen molar-refractivity contribution in [2.24, 2.45) is 0 Å². The summed E-state index contributed by atoms with van der Waals surface area (Å²) in [5, 5.41) is 7.16. The number of carbonyl (C=O) groups is 4. The van der Waals surface area contributed by atoms with Crippen molar-refractivity contribution in [2.75, 3.05) is 12.4 Å². The maximum absolute atomic E-state index is 12.4. The van der Waals surface area contributed by atoms with E-state index in [2.05, 4.69) is 38.8 Å². The van der Waals surface area contributed by atoms with E-state index in [-0.39, 0.29) is 16.4 Å². The summed E-state index contributed by atoms with van der Waals surface area (Å²) in [6.45, 7) is 12.1. The average molecular weight is 446 g/mol. The number of ether oxygens (including phenoxy) is 2.